The molecule has 2 aliphatic rings. The number of hydrogen-bond acceptors (Lipinski definition) is 6. The van der Waals surface area contributed by atoms with Crippen LogP contribution in [-0.2, 0) is 17.6 Å². The number of benzene rings is 1. The van der Waals surface area contributed by atoms with E-state index < -0.39 is 0 Å². The van der Waals surface area contributed by atoms with Crippen molar-refractivity contribution in [3.05, 3.63) is 41.5 Å². The largest absolute Gasteiger partial charge is 0.482 e. The summed E-state index contributed by atoms with van der Waals surface area (Å²) >= 11 is 0. The lowest BCUT2D eigenvalue weighted by Gasteiger charge is -2.21. The minimum absolute atomic E-state index is 0.105. The molecule has 1 aromatic carbocycles. The van der Waals surface area contributed by atoms with Gasteiger partial charge in [0, 0.05) is 19.5 Å². The van der Waals surface area contributed by atoms with Crippen LogP contribution in [0.15, 0.2) is 28.8 Å². The van der Waals surface area contributed by atoms with Gasteiger partial charge in [0.2, 0.25) is 11.7 Å². The molecule has 1 saturated heterocycles. The van der Waals surface area contributed by atoms with E-state index in [2.05, 4.69) is 21.5 Å². The summed E-state index contributed by atoms with van der Waals surface area (Å²) in [6.07, 6.45) is 1.38. The Morgan fingerprint density at radius 1 is 1.29 bits per heavy atom. The highest BCUT2D eigenvalue weighted by Gasteiger charge is 2.28. The number of morpholine rings is 1. The van der Waals surface area contributed by atoms with Gasteiger partial charge >= 0.3 is 0 Å². The zero-order chi connectivity index (χ0) is 14.1. The number of nitrogens with one attached hydrogen (secondary N) is 1. The van der Waals surface area contributed by atoms with Gasteiger partial charge in [-0.2, -0.15) is 4.98 Å². The summed E-state index contributed by atoms with van der Waals surface area (Å²) in [5.41, 5.74) is 1.19. The van der Waals surface area contributed by atoms with E-state index in [0.717, 1.165) is 31.9 Å². The summed E-state index contributed by atoms with van der Waals surface area (Å²) in [7, 11) is 0. The molecule has 0 amide bonds. The van der Waals surface area contributed by atoms with E-state index in [0.29, 0.717) is 18.1 Å². The van der Waals surface area contributed by atoms with E-state index in [1.54, 1.807) is 0 Å². The average molecular weight is 287 g/mol. The van der Waals surface area contributed by atoms with Crippen molar-refractivity contribution in [2.75, 3.05) is 19.7 Å². The van der Waals surface area contributed by atoms with Gasteiger partial charge in [-0.1, -0.05) is 23.4 Å². The van der Waals surface area contributed by atoms with Crippen LogP contribution in [0.5, 0.6) is 5.75 Å². The molecule has 4 rings (SSSR count). The van der Waals surface area contributed by atoms with Gasteiger partial charge in [-0.05, 0) is 11.6 Å². The highest BCUT2D eigenvalue weighted by molar-refractivity contribution is 5.37. The lowest BCUT2D eigenvalue weighted by molar-refractivity contribution is 0.0246. The van der Waals surface area contributed by atoms with Crippen LogP contribution >= 0.6 is 0 Å². The molecule has 6 heteroatoms. The van der Waals surface area contributed by atoms with Crippen molar-refractivity contribution in [2.45, 2.75) is 25.0 Å². The van der Waals surface area contributed by atoms with E-state index in [4.69, 9.17) is 14.0 Å². The number of aromatic nitrogens is 2. The standard InChI is InChI=1S/C15H17N3O3/c1-2-4-12-10(3-1)7-13(20-12)15-17-14(21-18-15)8-11-9-16-5-6-19-11/h1-4,11,13,16H,5-9H2. The molecule has 2 unspecified atom stereocenters. The van der Waals surface area contributed by atoms with Crippen molar-refractivity contribution in [3.63, 3.8) is 0 Å². The van der Waals surface area contributed by atoms with Crippen molar-refractivity contribution in [2.24, 2.45) is 0 Å². The Kier molecular flexibility index (Phi) is 3.33. The van der Waals surface area contributed by atoms with E-state index in [9.17, 15) is 0 Å². The summed E-state index contributed by atoms with van der Waals surface area (Å²) in [6.45, 7) is 2.45. The molecule has 2 atom stereocenters. The quantitative estimate of drug-likeness (QED) is 0.917. The molecule has 1 fully saturated rings. The Hall–Kier alpha value is -1.92. The molecule has 6 nitrogen and oxygen atoms in total. The van der Waals surface area contributed by atoms with Crippen LogP contribution in [0.25, 0.3) is 0 Å². The van der Waals surface area contributed by atoms with Crippen LogP contribution in [0.3, 0.4) is 0 Å². The minimum Gasteiger partial charge on any atom is -0.482 e. The van der Waals surface area contributed by atoms with Crippen LogP contribution in [0.2, 0.25) is 0 Å². The third kappa shape index (κ3) is 2.64. The third-order valence-corrected chi connectivity index (χ3v) is 3.83. The lowest BCUT2D eigenvalue weighted by atomic mass is 10.1. The van der Waals surface area contributed by atoms with Crippen molar-refractivity contribution < 1.29 is 14.0 Å². The second kappa shape index (κ2) is 5.46. The number of rotatable bonds is 3. The van der Waals surface area contributed by atoms with Crippen molar-refractivity contribution in [1.82, 2.24) is 15.5 Å². The maximum atomic E-state index is 5.87. The topological polar surface area (TPSA) is 69.4 Å². The van der Waals surface area contributed by atoms with Crippen LogP contribution in [0.1, 0.15) is 23.4 Å². The Morgan fingerprint density at radius 2 is 2.24 bits per heavy atom. The highest BCUT2D eigenvalue weighted by atomic mass is 16.5. The molecule has 0 aliphatic carbocycles. The van der Waals surface area contributed by atoms with Gasteiger partial charge in [0.15, 0.2) is 6.10 Å². The van der Waals surface area contributed by atoms with Gasteiger partial charge in [-0.15, -0.1) is 0 Å². The first-order valence-electron chi connectivity index (χ1n) is 7.28. The maximum Gasteiger partial charge on any atom is 0.229 e. The lowest BCUT2D eigenvalue weighted by Crippen LogP contribution is -2.39. The van der Waals surface area contributed by atoms with Gasteiger partial charge in [-0.25, -0.2) is 0 Å². The second-order valence-corrected chi connectivity index (χ2v) is 5.37. The molecule has 0 saturated carbocycles. The first kappa shape index (κ1) is 12.8. The summed E-state index contributed by atoms with van der Waals surface area (Å²) in [5.74, 6) is 2.14. The molecular weight excluding hydrogens is 270 g/mol. The Morgan fingerprint density at radius 3 is 3.10 bits per heavy atom. The molecule has 2 aromatic rings. The molecule has 1 N–H and O–H groups in total. The van der Waals surface area contributed by atoms with E-state index in [-0.39, 0.29) is 12.2 Å². The van der Waals surface area contributed by atoms with Gasteiger partial charge in [0.25, 0.3) is 0 Å². The Labute approximate surface area is 122 Å². The number of para-hydroxylation sites is 1. The fourth-order valence-corrected chi connectivity index (χ4v) is 2.75. The molecule has 3 heterocycles. The number of ether oxygens (including phenoxy) is 2. The molecule has 0 radical (unpaired) electrons. The fourth-order valence-electron chi connectivity index (χ4n) is 2.75. The molecule has 0 bridgehead atoms. The predicted molar refractivity (Wildman–Crippen MR) is 74.1 cm³/mol. The normalized spacial score (nSPS) is 24.6. The zero-order valence-corrected chi connectivity index (χ0v) is 11.6. The first-order valence-corrected chi connectivity index (χ1v) is 7.28. The fraction of sp³-hybridized carbons (Fsp3) is 0.467. The predicted octanol–water partition coefficient (Wildman–Crippen LogP) is 1.28. The Balaban J connectivity index is 1.43. The molecular formula is C15H17N3O3. The summed E-state index contributed by atoms with van der Waals surface area (Å²) in [5, 5.41) is 7.35. The molecule has 21 heavy (non-hydrogen) atoms. The highest BCUT2D eigenvalue weighted by Crippen LogP contribution is 2.35. The summed E-state index contributed by atoms with van der Waals surface area (Å²) in [4.78, 5) is 4.46. The zero-order valence-electron chi connectivity index (χ0n) is 11.6. The van der Waals surface area contributed by atoms with Gasteiger partial charge in [-0.3, -0.25) is 0 Å². The second-order valence-electron chi connectivity index (χ2n) is 5.37. The van der Waals surface area contributed by atoms with Gasteiger partial charge in [0.1, 0.15) is 5.75 Å². The smallest absolute Gasteiger partial charge is 0.229 e. The summed E-state index contributed by atoms with van der Waals surface area (Å²) in [6, 6.07) is 8.02. The van der Waals surface area contributed by atoms with Crippen LogP contribution in [-0.4, -0.2) is 35.9 Å². The van der Waals surface area contributed by atoms with E-state index in [1.807, 2.05) is 18.2 Å². The third-order valence-electron chi connectivity index (χ3n) is 3.83. The monoisotopic (exact) mass is 287 g/mol. The van der Waals surface area contributed by atoms with Gasteiger partial charge in [0.05, 0.1) is 19.1 Å². The maximum absolute atomic E-state index is 5.87. The summed E-state index contributed by atoms with van der Waals surface area (Å²) < 4.78 is 16.8. The minimum atomic E-state index is -0.148. The van der Waals surface area contributed by atoms with Crippen LogP contribution < -0.4 is 10.1 Å². The van der Waals surface area contributed by atoms with Crippen LogP contribution in [0.4, 0.5) is 0 Å². The van der Waals surface area contributed by atoms with Crippen LogP contribution in [0, 0.1) is 0 Å². The molecule has 110 valence electrons. The molecule has 2 aliphatic heterocycles. The first-order chi connectivity index (χ1) is 10.4. The number of nitrogens with zero attached hydrogens (tertiary/aromatic N) is 2. The van der Waals surface area contributed by atoms with Crippen molar-refractivity contribution >= 4 is 0 Å². The van der Waals surface area contributed by atoms with E-state index >= 15 is 0 Å². The number of fused-ring (bicyclic) bond motifs is 1. The Bertz CT molecular complexity index is 597. The van der Waals surface area contributed by atoms with Gasteiger partial charge < -0.3 is 19.3 Å². The van der Waals surface area contributed by atoms with Crippen molar-refractivity contribution in [1.29, 1.82) is 0 Å². The van der Waals surface area contributed by atoms with E-state index in [1.165, 1.54) is 5.56 Å². The average Bonchev–Trinajstić information content (AvgIpc) is 3.14. The number of hydrogen-bond donors (Lipinski definition) is 1. The molecule has 0 spiro atoms. The van der Waals surface area contributed by atoms with Crippen molar-refractivity contribution in [3.8, 4) is 5.75 Å². The SMILES string of the molecule is c1ccc2c(c1)CC(c1noc(CC3CNCCO3)n1)O2. The molecule has 1 aromatic heterocycles.